The van der Waals surface area contributed by atoms with Gasteiger partial charge in [-0.25, -0.2) is 0 Å². The van der Waals surface area contributed by atoms with Gasteiger partial charge in [0.2, 0.25) is 0 Å². The summed E-state index contributed by atoms with van der Waals surface area (Å²) >= 11 is 8.63. The van der Waals surface area contributed by atoms with Gasteiger partial charge in [-0.3, -0.25) is 5.10 Å². The largest absolute Gasteiger partial charge is 0.271 e. The second-order valence-corrected chi connectivity index (χ2v) is 2.46. The normalized spacial score (nSPS) is 9.75. The highest BCUT2D eigenvalue weighted by atomic mass is 79.9. The van der Waals surface area contributed by atoms with Crippen LogP contribution in [-0.2, 0) is 5.88 Å². The highest BCUT2D eigenvalue weighted by molar-refractivity contribution is 9.10. The molecule has 0 saturated carbocycles. The van der Waals surface area contributed by atoms with Crippen LogP contribution in [0.5, 0.6) is 0 Å². The van der Waals surface area contributed by atoms with Crippen LogP contribution in [0.3, 0.4) is 0 Å². The van der Waals surface area contributed by atoms with E-state index < -0.39 is 0 Å². The Labute approximate surface area is 60.4 Å². The molecule has 0 fully saturated rings. The Hall–Kier alpha value is -0.0200. The first-order valence-electron chi connectivity index (χ1n) is 2.08. The molecule has 0 saturated heterocycles. The topological polar surface area (TPSA) is 28.7 Å². The lowest BCUT2D eigenvalue weighted by Crippen LogP contribution is -1.73. The zero-order valence-electron chi connectivity index (χ0n) is 3.99. The number of rotatable bonds is 1. The molecule has 0 aromatic carbocycles. The van der Waals surface area contributed by atoms with Crippen LogP contribution in [0.15, 0.2) is 10.7 Å². The molecule has 0 atom stereocenters. The SMILES string of the molecule is ClCc1cc(Br)[nH]n1. The molecule has 4 heteroatoms. The summed E-state index contributed by atoms with van der Waals surface area (Å²) in [5.74, 6) is 0.460. The fraction of sp³-hybridized carbons (Fsp3) is 0.250. The van der Waals surface area contributed by atoms with Gasteiger partial charge in [0.25, 0.3) is 0 Å². The van der Waals surface area contributed by atoms with E-state index in [4.69, 9.17) is 11.6 Å². The van der Waals surface area contributed by atoms with Crippen LogP contribution in [0, 0.1) is 0 Å². The van der Waals surface area contributed by atoms with E-state index in [1.54, 1.807) is 0 Å². The van der Waals surface area contributed by atoms with Crippen molar-refractivity contribution in [1.29, 1.82) is 0 Å². The van der Waals surface area contributed by atoms with Gasteiger partial charge in [0, 0.05) is 0 Å². The van der Waals surface area contributed by atoms with Crippen molar-refractivity contribution in [2.45, 2.75) is 5.88 Å². The maximum atomic E-state index is 5.44. The Balaban J connectivity index is 2.84. The molecule has 0 aliphatic heterocycles. The number of nitrogens with zero attached hydrogens (tertiary/aromatic N) is 1. The minimum atomic E-state index is 0.460. The molecule has 1 N–H and O–H groups in total. The van der Waals surface area contributed by atoms with Gasteiger partial charge in [-0.15, -0.1) is 11.6 Å². The summed E-state index contributed by atoms with van der Waals surface area (Å²) in [6.07, 6.45) is 0. The molecule has 0 amide bonds. The lowest BCUT2D eigenvalue weighted by atomic mass is 10.5. The number of aromatic nitrogens is 2. The number of alkyl halides is 1. The fourth-order valence-electron chi connectivity index (χ4n) is 0.404. The van der Waals surface area contributed by atoms with Crippen molar-refractivity contribution in [3.8, 4) is 0 Å². The Morgan fingerprint density at radius 2 is 2.62 bits per heavy atom. The smallest absolute Gasteiger partial charge is 0.101 e. The molecule has 2 nitrogen and oxygen atoms in total. The first kappa shape index (κ1) is 6.11. The van der Waals surface area contributed by atoms with E-state index >= 15 is 0 Å². The third-order valence-corrected chi connectivity index (χ3v) is 1.42. The zero-order chi connectivity index (χ0) is 5.98. The summed E-state index contributed by atoms with van der Waals surface area (Å²) in [6, 6.07) is 1.84. The summed E-state index contributed by atoms with van der Waals surface area (Å²) in [7, 11) is 0. The van der Waals surface area contributed by atoms with Gasteiger partial charge >= 0.3 is 0 Å². The summed E-state index contributed by atoms with van der Waals surface area (Å²) in [4.78, 5) is 0. The lowest BCUT2D eigenvalue weighted by Gasteiger charge is -1.75. The minimum Gasteiger partial charge on any atom is -0.271 e. The van der Waals surface area contributed by atoms with Gasteiger partial charge in [0.1, 0.15) is 4.60 Å². The number of aromatic amines is 1. The Morgan fingerprint density at radius 3 is 2.88 bits per heavy atom. The molecule has 8 heavy (non-hydrogen) atoms. The molecule has 0 aliphatic rings. The van der Waals surface area contributed by atoms with Crippen molar-refractivity contribution in [3.63, 3.8) is 0 Å². The van der Waals surface area contributed by atoms with Crippen molar-refractivity contribution in [2.75, 3.05) is 0 Å². The molecular formula is C4H4BrClN2. The third kappa shape index (κ3) is 1.23. The molecule has 1 heterocycles. The van der Waals surface area contributed by atoms with Crippen molar-refractivity contribution in [1.82, 2.24) is 10.2 Å². The second-order valence-electron chi connectivity index (χ2n) is 1.34. The lowest BCUT2D eigenvalue weighted by molar-refractivity contribution is 1.02. The molecule has 0 unspecified atom stereocenters. The quantitative estimate of drug-likeness (QED) is 0.682. The van der Waals surface area contributed by atoms with E-state index in [-0.39, 0.29) is 0 Å². The Kier molecular flexibility index (Phi) is 1.91. The molecule has 0 bridgehead atoms. The molecule has 0 aliphatic carbocycles. The van der Waals surface area contributed by atoms with Crippen LogP contribution in [0.1, 0.15) is 5.69 Å². The Bertz CT molecular complexity index is 174. The second kappa shape index (κ2) is 2.51. The molecule has 44 valence electrons. The average Bonchev–Trinajstić information content (AvgIpc) is 2.14. The predicted octanol–water partition coefficient (Wildman–Crippen LogP) is 1.91. The van der Waals surface area contributed by atoms with E-state index in [1.165, 1.54) is 0 Å². The van der Waals surface area contributed by atoms with Crippen LogP contribution in [0.2, 0.25) is 0 Å². The number of hydrogen-bond donors (Lipinski definition) is 1. The van der Waals surface area contributed by atoms with Gasteiger partial charge in [-0.2, -0.15) is 5.10 Å². The van der Waals surface area contributed by atoms with Crippen LogP contribution >= 0.6 is 27.5 Å². The average molecular weight is 195 g/mol. The summed E-state index contributed by atoms with van der Waals surface area (Å²) < 4.78 is 0.869. The number of nitrogens with one attached hydrogen (secondary N) is 1. The van der Waals surface area contributed by atoms with Gasteiger partial charge < -0.3 is 0 Å². The maximum Gasteiger partial charge on any atom is 0.101 e. The standard InChI is InChI=1S/C4H4BrClN2/c5-4-1-3(2-6)7-8-4/h1H,2H2,(H,7,8). The van der Waals surface area contributed by atoms with Gasteiger partial charge in [0.15, 0.2) is 0 Å². The highest BCUT2D eigenvalue weighted by Gasteiger charge is 1.92. The minimum absolute atomic E-state index is 0.460. The van der Waals surface area contributed by atoms with E-state index in [1.807, 2.05) is 6.07 Å². The Morgan fingerprint density at radius 1 is 1.88 bits per heavy atom. The van der Waals surface area contributed by atoms with E-state index in [0.29, 0.717) is 5.88 Å². The van der Waals surface area contributed by atoms with Crippen molar-refractivity contribution >= 4 is 27.5 Å². The van der Waals surface area contributed by atoms with Crippen LogP contribution < -0.4 is 0 Å². The number of hydrogen-bond acceptors (Lipinski definition) is 1. The van der Waals surface area contributed by atoms with Crippen molar-refractivity contribution in [3.05, 3.63) is 16.4 Å². The van der Waals surface area contributed by atoms with Crippen molar-refractivity contribution < 1.29 is 0 Å². The summed E-state index contributed by atoms with van der Waals surface area (Å²) in [6.45, 7) is 0. The maximum absolute atomic E-state index is 5.44. The molecule has 1 aromatic heterocycles. The van der Waals surface area contributed by atoms with Crippen molar-refractivity contribution in [2.24, 2.45) is 0 Å². The van der Waals surface area contributed by atoms with Crippen LogP contribution in [0.4, 0.5) is 0 Å². The van der Waals surface area contributed by atoms with Crippen LogP contribution in [0.25, 0.3) is 0 Å². The molecule has 1 aromatic rings. The third-order valence-electron chi connectivity index (χ3n) is 0.737. The van der Waals surface area contributed by atoms with E-state index in [0.717, 1.165) is 10.3 Å². The van der Waals surface area contributed by atoms with Gasteiger partial charge in [-0.1, -0.05) is 0 Å². The number of halogens is 2. The molecule has 0 radical (unpaired) electrons. The molecule has 1 rings (SSSR count). The van der Waals surface area contributed by atoms with Crippen LogP contribution in [-0.4, -0.2) is 10.2 Å². The first-order valence-corrected chi connectivity index (χ1v) is 3.41. The van der Waals surface area contributed by atoms with E-state index in [2.05, 4.69) is 26.1 Å². The monoisotopic (exact) mass is 194 g/mol. The first-order chi connectivity index (χ1) is 3.83. The molecular weight excluding hydrogens is 191 g/mol. The zero-order valence-corrected chi connectivity index (χ0v) is 6.33. The summed E-state index contributed by atoms with van der Waals surface area (Å²) in [5.41, 5.74) is 0.860. The predicted molar refractivity (Wildman–Crippen MR) is 35.8 cm³/mol. The van der Waals surface area contributed by atoms with E-state index in [9.17, 15) is 0 Å². The summed E-state index contributed by atoms with van der Waals surface area (Å²) in [5, 5.41) is 6.53. The molecule has 0 spiro atoms. The number of H-pyrrole nitrogens is 1. The highest BCUT2D eigenvalue weighted by Crippen LogP contribution is 2.07. The van der Waals surface area contributed by atoms with Gasteiger partial charge in [0.05, 0.1) is 11.6 Å². The fourth-order valence-corrected chi connectivity index (χ4v) is 0.894. The van der Waals surface area contributed by atoms with Gasteiger partial charge in [-0.05, 0) is 22.0 Å².